The highest BCUT2D eigenvalue weighted by Gasteiger charge is 2.32. The molecule has 8 heteroatoms. The summed E-state index contributed by atoms with van der Waals surface area (Å²) in [6.07, 6.45) is 1.23. The van der Waals surface area contributed by atoms with Crippen LogP contribution in [-0.2, 0) is 4.79 Å². The Kier molecular flexibility index (Phi) is 2.24. The summed E-state index contributed by atoms with van der Waals surface area (Å²) >= 11 is 0. The van der Waals surface area contributed by atoms with E-state index in [1.165, 1.54) is 18.3 Å². The third-order valence-corrected chi connectivity index (χ3v) is 1.90. The van der Waals surface area contributed by atoms with E-state index >= 15 is 0 Å². The van der Waals surface area contributed by atoms with Crippen LogP contribution in [0.2, 0.25) is 0 Å². The first-order valence-electron chi connectivity index (χ1n) is 4.26. The van der Waals surface area contributed by atoms with Crippen molar-refractivity contribution in [3.8, 4) is 0 Å². The summed E-state index contributed by atoms with van der Waals surface area (Å²) in [5, 5.41) is 12.4. The van der Waals surface area contributed by atoms with Gasteiger partial charge in [0.1, 0.15) is 11.1 Å². The number of furan rings is 1. The largest absolute Gasteiger partial charge is 0.499 e. The topological polar surface area (TPSA) is 105 Å². The van der Waals surface area contributed by atoms with Crippen LogP contribution in [0.4, 0.5) is 10.7 Å². The zero-order valence-corrected chi connectivity index (χ0v) is 7.87. The van der Waals surface area contributed by atoms with E-state index in [4.69, 9.17) is 4.42 Å². The van der Waals surface area contributed by atoms with Crippen molar-refractivity contribution in [2.75, 3.05) is 6.54 Å². The molecule has 0 unspecified atom stereocenters. The second-order valence-electron chi connectivity index (χ2n) is 3.04. The molecule has 2 heterocycles. The number of amides is 3. The van der Waals surface area contributed by atoms with E-state index in [2.05, 4.69) is 5.32 Å². The maximum absolute atomic E-state index is 11.1. The number of nitrogens with one attached hydrogen (secondary N) is 1. The van der Waals surface area contributed by atoms with E-state index in [1.54, 1.807) is 0 Å². The Balaban J connectivity index is 2.26. The molecule has 1 aromatic rings. The normalized spacial score (nSPS) is 17.9. The fraction of sp³-hybridized carbons (Fsp3) is 0.125. The van der Waals surface area contributed by atoms with Gasteiger partial charge in [0.25, 0.3) is 0 Å². The summed E-state index contributed by atoms with van der Waals surface area (Å²) in [5.41, 5.74) is 0. The molecule has 0 spiro atoms. The fourth-order valence-corrected chi connectivity index (χ4v) is 1.22. The summed E-state index contributed by atoms with van der Waals surface area (Å²) in [4.78, 5) is 31.6. The van der Waals surface area contributed by atoms with Crippen molar-refractivity contribution in [3.63, 3.8) is 0 Å². The van der Waals surface area contributed by atoms with Gasteiger partial charge in [0.05, 0.1) is 6.07 Å². The number of imide groups is 1. The molecule has 1 aliphatic heterocycles. The molecular weight excluding hydrogens is 218 g/mol. The Morgan fingerprint density at radius 3 is 2.75 bits per heavy atom. The van der Waals surface area contributed by atoms with E-state index in [1.807, 2.05) is 0 Å². The molecule has 1 aliphatic rings. The van der Waals surface area contributed by atoms with Gasteiger partial charge in [-0.3, -0.25) is 10.1 Å². The van der Waals surface area contributed by atoms with E-state index < -0.39 is 22.7 Å². The molecule has 0 aliphatic carbocycles. The van der Waals surface area contributed by atoms with Crippen molar-refractivity contribution >= 4 is 24.0 Å². The number of hydrogen-bond donors (Lipinski definition) is 1. The third kappa shape index (κ3) is 1.80. The van der Waals surface area contributed by atoms with Crippen molar-refractivity contribution in [2.45, 2.75) is 0 Å². The highest BCUT2D eigenvalue weighted by atomic mass is 16.6. The predicted molar refractivity (Wildman–Crippen MR) is 49.2 cm³/mol. The van der Waals surface area contributed by atoms with Crippen molar-refractivity contribution in [1.82, 2.24) is 5.32 Å². The molecule has 0 aromatic carbocycles. The van der Waals surface area contributed by atoms with Gasteiger partial charge in [0, 0.05) is 0 Å². The molecule has 16 heavy (non-hydrogen) atoms. The highest BCUT2D eigenvalue weighted by Crippen LogP contribution is 2.13. The molecule has 0 bridgehead atoms. The van der Waals surface area contributed by atoms with Gasteiger partial charge in [-0.05, 0) is 6.07 Å². The van der Waals surface area contributed by atoms with Gasteiger partial charge in [-0.1, -0.05) is 0 Å². The number of carbonyl (C=O) groups is 2. The third-order valence-electron chi connectivity index (χ3n) is 1.90. The first-order chi connectivity index (χ1) is 7.56. The zero-order valence-electron chi connectivity index (χ0n) is 7.87. The number of nitro groups is 1. The average molecular weight is 224 g/mol. The molecule has 0 saturated carbocycles. The minimum absolute atomic E-state index is 0.118. The van der Waals surface area contributed by atoms with Crippen molar-refractivity contribution in [1.29, 1.82) is 0 Å². The number of urea groups is 1. The van der Waals surface area contributed by atoms with E-state index in [0.29, 0.717) is 0 Å². The lowest BCUT2D eigenvalue weighted by atomic mass is 10.5. The van der Waals surface area contributed by atoms with Crippen LogP contribution in [0.5, 0.6) is 0 Å². The average Bonchev–Trinajstić information content (AvgIpc) is 2.75. The van der Waals surface area contributed by atoms with Crippen LogP contribution in [-0.4, -0.2) is 34.2 Å². The molecule has 0 radical (unpaired) electrons. The number of rotatable bonds is 2. The molecule has 1 saturated heterocycles. The Bertz CT molecular complexity index is 515. The summed E-state index contributed by atoms with van der Waals surface area (Å²) in [5.74, 6) is -0.712. The Hall–Kier alpha value is -2.51. The molecular formula is C8H6N3O5+. The molecule has 2 rings (SSSR count). The van der Waals surface area contributed by atoms with Crippen LogP contribution in [0.25, 0.3) is 0 Å². The van der Waals surface area contributed by atoms with Gasteiger partial charge in [-0.25, -0.2) is 4.79 Å². The van der Waals surface area contributed by atoms with Crippen molar-refractivity contribution in [2.24, 2.45) is 0 Å². The van der Waals surface area contributed by atoms with Gasteiger partial charge in [-0.15, -0.1) is 0 Å². The number of nitrogens with zero attached hydrogens (tertiary/aromatic N) is 2. The number of carbonyl (C=O) groups excluding carboxylic acids is 2. The lowest BCUT2D eigenvalue weighted by Crippen LogP contribution is -2.22. The lowest BCUT2D eigenvalue weighted by molar-refractivity contribution is -0.404. The smallest absolute Gasteiger partial charge is 0.397 e. The summed E-state index contributed by atoms with van der Waals surface area (Å²) in [6, 6.07) is 1.93. The summed E-state index contributed by atoms with van der Waals surface area (Å²) < 4.78 is 5.88. The Morgan fingerprint density at radius 1 is 1.50 bits per heavy atom. The zero-order chi connectivity index (χ0) is 11.7. The first-order valence-corrected chi connectivity index (χ1v) is 4.26. The molecule has 3 amide bonds. The van der Waals surface area contributed by atoms with E-state index in [-0.39, 0.29) is 12.3 Å². The van der Waals surface area contributed by atoms with Gasteiger partial charge in [0.2, 0.25) is 0 Å². The van der Waals surface area contributed by atoms with Crippen molar-refractivity contribution in [3.05, 3.63) is 28.0 Å². The lowest BCUT2D eigenvalue weighted by Gasteiger charge is -1.86. The van der Waals surface area contributed by atoms with E-state index in [9.17, 15) is 19.7 Å². The molecule has 82 valence electrons. The summed E-state index contributed by atoms with van der Waals surface area (Å²) in [7, 11) is 0. The quantitative estimate of drug-likeness (QED) is 0.326. The molecule has 1 fully saturated rings. The highest BCUT2D eigenvalue weighted by molar-refractivity contribution is 5.98. The second kappa shape index (κ2) is 3.57. The van der Waals surface area contributed by atoms with Gasteiger partial charge in [-0.2, -0.15) is 14.7 Å². The fourth-order valence-electron chi connectivity index (χ4n) is 1.22. The molecule has 1 N–H and O–H groups in total. The van der Waals surface area contributed by atoms with Crippen LogP contribution < -0.4 is 5.32 Å². The molecule has 8 nitrogen and oxygen atoms in total. The Morgan fingerprint density at radius 2 is 2.25 bits per heavy atom. The molecule has 0 atom stereocenters. The van der Waals surface area contributed by atoms with Crippen LogP contribution in [0.3, 0.4) is 0 Å². The van der Waals surface area contributed by atoms with Crippen molar-refractivity contribution < 1.29 is 23.5 Å². The predicted octanol–water partition coefficient (Wildman–Crippen LogP) is -0.131. The minimum atomic E-state index is -0.688. The van der Waals surface area contributed by atoms with Gasteiger partial charge in [0.15, 0.2) is 12.3 Å². The first kappa shape index (κ1) is 10.0. The van der Waals surface area contributed by atoms with Crippen LogP contribution in [0.15, 0.2) is 16.5 Å². The van der Waals surface area contributed by atoms with Gasteiger partial charge >= 0.3 is 17.8 Å². The SMILES string of the molecule is O=C1C/[N+](=C/c2ccc([N+](=O)[O-])o2)C(=O)N1. The van der Waals surface area contributed by atoms with E-state index in [0.717, 1.165) is 4.58 Å². The number of hydrogen-bond acceptors (Lipinski definition) is 5. The van der Waals surface area contributed by atoms with Crippen LogP contribution in [0, 0.1) is 10.1 Å². The monoisotopic (exact) mass is 224 g/mol. The van der Waals surface area contributed by atoms with Gasteiger partial charge < -0.3 is 4.42 Å². The summed E-state index contributed by atoms with van der Waals surface area (Å²) in [6.45, 7) is -0.118. The van der Waals surface area contributed by atoms with Crippen LogP contribution >= 0.6 is 0 Å². The minimum Gasteiger partial charge on any atom is -0.397 e. The maximum atomic E-state index is 11.1. The van der Waals surface area contributed by atoms with Crippen LogP contribution in [0.1, 0.15) is 5.76 Å². The molecule has 1 aromatic heterocycles. The standard InChI is InChI=1S/C8H5N3O5/c12-6-4-10(8(13)9-6)3-5-1-2-7(16-5)11(14)15/h1-3H,4H2/p+1/b10-3-. The maximum Gasteiger partial charge on any atom is 0.499 e. The Labute approximate surface area is 88.3 Å². The second-order valence-corrected chi connectivity index (χ2v) is 3.04.